The molecule has 1 N–H and O–H groups in total. The van der Waals surface area contributed by atoms with Gasteiger partial charge in [-0.2, -0.15) is 0 Å². The third-order valence-electron chi connectivity index (χ3n) is 2.38. The highest BCUT2D eigenvalue weighted by Crippen LogP contribution is 2.09. The summed E-state index contributed by atoms with van der Waals surface area (Å²) in [5, 5.41) is 2.67. The molecule has 2 atom stereocenters. The van der Waals surface area contributed by atoms with Gasteiger partial charge in [0.25, 0.3) is 0 Å². The fourth-order valence-electron chi connectivity index (χ4n) is 0.749. The fourth-order valence-corrected chi connectivity index (χ4v) is 0.749. The summed E-state index contributed by atoms with van der Waals surface area (Å²) in [6.07, 6.45) is 0. The van der Waals surface area contributed by atoms with E-state index in [1.54, 1.807) is 6.92 Å². The van der Waals surface area contributed by atoms with Crippen molar-refractivity contribution in [1.82, 2.24) is 5.32 Å². The average molecular weight is 185 g/mol. The highest BCUT2D eigenvalue weighted by molar-refractivity contribution is 5.87. The Balaban J connectivity index is 4.08. The van der Waals surface area contributed by atoms with Crippen molar-refractivity contribution >= 4 is 11.7 Å². The summed E-state index contributed by atoms with van der Waals surface area (Å²) in [4.78, 5) is 22.3. The van der Waals surface area contributed by atoms with Gasteiger partial charge in [-0.25, -0.2) is 0 Å². The van der Waals surface area contributed by atoms with Gasteiger partial charge >= 0.3 is 0 Å². The summed E-state index contributed by atoms with van der Waals surface area (Å²) in [5.74, 6) is 0.211. The van der Waals surface area contributed by atoms with Gasteiger partial charge in [-0.1, -0.05) is 20.8 Å². The topological polar surface area (TPSA) is 46.2 Å². The van der Waals surface area contributed by atoms with E-state index >= 15 is 0 Å². The Morgan fingerprint density at radius 1 is 1.08 bits per heavy atom. The summed E-state index contributed by atoms with van der Waals surface area (Å²) in [7, 11) is 0. The van der Waals surface area contributed by atoms with E-state index in [0.717, 1.165) is 0 Å². The van der Waals surface area contributed by atoms with Gasteiger partial charge in [0.1, 0.15) is 0 Å². The first-order valence-electron chi connectivity index (χ1n) is 4.67. The van der Waals surface area contributed by atoms with E-state index < -0.39 is 0 Å². The van der Waals surface area contributed by atoms with E-state index in [-0.39, 0.29) is 23.7 Å². The number of nitrogens with one attached hydrogen (secondary N) is 1. The largest absolute Gasteiger partial charge is 0.346 e. The zero-order valence-corrected chi connectivity index (χ0v) is 9.05. The molecule has 0 bridgehead atoms. The quantitative estimate of drug-likeness (QED) is 0.719. The number of rotatable bonds is 4. The predicted octanol–water partition coefficient (Wildman–Crippen LogP) is 1.37. The van der Waals surface area contributed by atoms with Gasteiger partial charge in [0.2, 0.25) is 5.91 Å². The summed E-state index contributed by atoms with van der Waals surface area (Å²) in [6, 6.07) is -0.367. The second kappa shape index (κ2) is 5.00. The van der Waals surface area contributed by atoms with E-state index in [4.69, 9.17) is 0 Å². The summed E-state index contributed by atoms with van der Waals surface area (Å²) < 4.78 is 0. The van der Waals surface area contributed by atoms with Crippen molar-refractivity contribution in [1.29, 1.82) is 0 Å². The SMILES string of the molecule is CC(=O)[C@H](C)NC(=O)[C@@H](C)C(C)C. The maximum Gasteiger partial charge on any atom is 0.223 e. The van der Waals surface area contributed by atoms with Crippen LogP contribution >= 0.6 is 0 Å². The predicted molar refractivity (Wildman–Crippen MR) is 52.3 cm³/mol. The van der Waals surface area contributed by atoms with Crippen LogP contribution in [0.1, 0.15) is 34.6 Å². The molecule has 0 heterocycles. The molecule has 13 heavy (non-hydrogen) atoms. The molecule has 0 radical (unpaired) electrons. The maximum absolute atomic E-state index is 11.4. The smallest absolute Gasteiger partial charge is 0.223 e. The minimum absolute atomic E-state index is 0.00990. The van der Waals surface area contributed by atoms with Crippen LogP contribution in [0, 0.1) is 11.8 Å². The van der Waals surface area contributed by atoms with Crippen LogP contribution in [0.15, 0.2) is 0 Å². The van der Waals surface area contributed by atoms with Gasteiger partial charge in [0.15, 0.2) is 5.78 Å². The van der Waals surface area contributed by atoms with Crippen LogP contribution < -0.4 is 5.32 Å². The van der Waals surface area contributed by atoms with Gasteiger partial charge in [0, 0.05) is 5.92 Å². The van der Waals surface area contributed by atoms with Gasteiger partial charge < -0.3 is 5.32 Å². The Bertz CT molecular complexity index is 199. The van der Waals surface area contributed by atoms with Crippen molar-refractivity contribution in [3.63, 3.8) is 0 Å². The lowest BCUT2D eigenvalue weighted by atomic mass is 9.97. The molecule has 76 valence electrons. The van der Waals surface area contributed by atoms with Crippen molar-refractivity contribution in [2.75, 3.05) is 0 Å². The molecule has 0 rings (SSSR count). The molecule has 0 aromatic heterocycles. The van der Waals surface area contributed by atoms with Crippen LogP contribution in [0.3, 0.4) is 0 Å². The second-order valence-corrected chi connectivity index (χ2v) is 3.87. The molecule has 0 fully saturated rings. The Hall–Kier alpha value is -0.860. The lowest BCUT2D eigenvalue weighted by Crippen LogP contribution is -2.41. The molecule has 3 heteroatoms. The van der Waals surface area contributed by atoms with E-state index in [1.165, 1.54) is 6.92 Å². The highest BCUT2D eigenvalue weighted by Gasteiger charge is 2.19. The van der Waals surface area contributed by atoms with Gasteiger partial charge in [-0.05, 0) is 19.8 Å². The molecule has 0 aromatic rings. The Morgan fingerprint density at radius 3 is 1.85 bits per heavy atom. The zero-order chi connectivity index (χ0) is 10.6. The van der Waals surface area contributed by atoms with Crippen molar-refractivity contribution in [3.05, 3.63) is 0 Å². The first kappa shape index (κ1) is 12.1. The van der Waals surface area contributed by atoms with Gasteiger partial charge in [0.05, 0.1) is 6.04 Å². The number of hydrogen-bond donors (Lipinski definition) is 1. The van der Waals surface area contributed by atoms with Crippen molar-refractivity contribution in [3.8, 4) is 0 Å². The van der Waals surface area contributed by atoms with E-state index in [1.807, 2.05) is 20.8 Å². The molecule has 0 unspecified atom stereocenters. The van der Waals surface area contributed by atoms with E-state index in [0.29, 0.717) is 5.92 Å². The van der Waals surface area contributed by atoms with Crippen molar-refractivity contribution in [2.45, 2.75) is 40.7 Å². The highest BCUT2D eigenvalue weighted by atomic mass is 16.2. The number of hydrogen-bond acceptors (Lipinski definition) is 2. The number of amides is 1. The first-order chi connectivity index (χ1) is 5.86. The van der Waals surface area contributed by atoms with Crippen molar-refractivity contribution < 1.29 is 9.59 Å². The van der Waals surface area contributed by atoms with Crippen LogP contribution in [0.25, 0.3) is 0 Å². The lowest BCUT2D eigenvalue weighted by Gasteiger charge is -2.17. The number of carbonyl (C=O) groups excluding carboxylic acids is 2. The first-order valence-corrected chi connectivity index (χ1v) is 4.67. The third-order valence-corrected chi connectivity index (χ3v) is 2.38. The zero-order valence-electron chi connectivity index (χ0n) is 9.05. The average Bonchev–Trinajstić information content (AvgIpc) is 2.02. The minimum atomic E-state index is -0.367. The molecule has 3 nitrogen and oxygen atoms in total. The summed E-state index contributed by atoms with van der Waals surface area (Å²) in [6.45, 7) is 9.02. The molecule has 0 aromatic carbocycles. The third kappa shape index (κ3) is 4.06. The Morgan fingerprint density at radius 2 is 1.54 bits per heavy atom. The van der Waals surface area contributed by atoms with E-state index in [9.17, 15) is 9.59 Å². The Labute approximate surface area is 79.9 Å². The standard InChI is InChI=1S/C10H19NO2/c1-6(2)7(3)10(13)11-8(4)9(5)12/h6-8H,1-5H3,(H,11,13)/t7-,8-/m0/s1. The van der Waals surface area contributed by atoms with Crippen LogP contribution in [-0.2, 0) is 9.59 Å². The van der Waals surface area contributed by atoms with Crippen LogP contribution in [0.5, 0.6) is 0 Å². The van der Waals surface area contributed by atoms with Crippen molar-refractivity contribution in [2.24, 2.45) is 11.8 Å². The number of carbonyl (C=O) groups is 2. The molecule has 0 aliphatic carbocycles. The van der Waals surface area contributed by atoms with Gasteiger partial charge in [-0.15, -0.1) is 0 Å². The second-order valence-electron chi connectivity index (χ2n) is 3.87. The summed E-state index contributed by atoms with van der Waals surface area (Å²) >= 11 is 0. The molecule has 0 spiro atoms. The minimum Gasteiger partial charge on any atom is -0.346 e. The number of ketones is 1. The van der Waals surface area contributed by atoms with Crippen LogP contribution in [0.4, 0.5) is 0 Å². The maximum atomic E-state index is 11.4. The number of Topliss-reactive ketones (excluding diaryl/α,β-unsaturated/α-hetero) is 1. The van der Waals surface area contributed by atoms with Crippen LogP contribution in [-0.4, -0.2) is 17.7 Å². The Kier molecular flexibility index (Phi) is 4.67. The molecule has 0 aliphatic heterocycles. The molecule has 0 aliphatic rings. The van der Waals surface area contributed by atoms with E-state index in [2.05, 4.69) is 5.32 Å². The normalized spacial score (nSPS) is 15.2. The fraction of sp³-hybridized carbons (Fsp3) is 0.800. The molecule has 0 saturated carbocycles. The molecule has 0 saturated heterocycles. The molecular formula is C10H19NO2. The van der Waals surface area contributed by atoms with Crippen LogP contribution in [0.2, 0.25) is 0 Å². The lowest BCUT2D eigenvalue weighted by molar-refractivity contribution is -0.129. The monoisotopic (exact) mass is 185 g/mol. The molecular weight excluding hydrogens is 166 g/mol. The molecule has 1 amide bonds. The van der Waals surface area contributed by atoms with Gasteiger partial charge in [-0.3, -0.25) is 9.59 Å². The summed E-state index contributed by atoms with van der Waals surface area (Å²) in [5.41, 5.74) is 0.